The van der Waals surface area contributed by atoms with Crippen molar-refractivity contribution in [3.63, 3.8) is 0 Å². The van der Waals surface area contributed by atoms with Gasteiger partial charge in [-0.15, -0.1) is 0 Å². The molecule has 0 unspecified atom stereocenters. The summed E-state index contributed by atoms with van der Waals surface area (Å²) in [5.74, 6) is 1.83. The van der Waals surface area contributed by atoms with Crippen LogP contribution in [0.25, 0.3) is 0 Å². The fraction of sp³-hybridized carbons (Fsp3) is 0.375. The Bertz CT molecular complexity index is 649. The fourth-order valence-corrected chi connectivity index (χ4v) is 5.10. The van der Waals surface area contributed by atoms with Gasteiger partial charge in [-0.05, 0) is 72.1 Å². The van der Waals surface area contributed by atoms with Crippen LogP contribution in [0.4, 0.5) is 0 Å². The van der Waals surface area contributed by atoms with Crippen LogP contribution in [0, 0.1) is 0 Å². The van der Waals surface area contributed by atoms with E-state index in [-0.39, 0.29) is 17.0 Å². The maximum absolute atomic E-state index is 5.92. The number of hydrogen-bond acceptors (Lipinski definition) is 2. The second-order valence-corrected chi connectivity index (χ2v) is 9.33. The highest BCUT2D eigenvalue weighted by atomic mass is 79.9. The first-order valence-electron chi connectivity index (χ1n) is 7.10. The Morgan fingerprint density at radius 2 is 1.67 bits per heavy atom. The van der Waals surface area contributed by atoms with Crippen LogP contribution in [0.5, 0.6) is 5.75 Å². The minimum Gasteiger partial charge on any atom is -1.00 e. The van der Waals surface area contributed by atoms with E-state index in [1.807, 2.05) is 24.3 Å². The average Bonchev–Trinajstić information content (AvgIpc) is 2.81. The van der Waals surface area contributed by atoms with E-state index < -0.39 is 0 Å². The van der Waals surface area contributed by atoms with Crippen molar-refractivity contribution in [2.75, 3.05) is 27.2 Å². The lowest BCUT2D eigenvalue weighted by molar-refractivity contribution is -0.904. The molecule has 0 bridgehead atoms. The summed E-state index contributed by atoms with van der Waals surface area (Å²) in [4.78, 5) is 0. The van der Waals surface area contributed by atoms with Gasteiger partial charge in [0.15, 0.2) is 10.4 Å². The first-order chi connectivity index (χ1) is 10.8. The number of nitrogens with zero attached hydrogens (tertiary/aromatic N) is 1. The van der Waals surface area contributed by atoms with Crippen molar-refractivity contribution in [2.45, 2.75) is 13.0 Å². The van der Waals surface area contributed by atoms with Gasteiger partial charge in [0.1, 0.15) is 12.3 Å². The molecule has 2 aromatic rings. The predicted octanol–water partition coefficient (Wildman–Crippen LogP) is 3.38. The number of furan rings is 1. The van der Waals surface area contributed by atoms with Gasteiger partial charge in [0.05, 0.1) is 36.2 Å². The standard InChI is InChI=1S/C16H18Br4NO2.BrH/c1-21(2,10-12-4-5-15(20)23-12)6-3-7-22-16-13(18)8-11(17)9-14(16)19;/h4-5,8-9H,3,6-7,10H2,1-2H3;1H/q+1;/p-1. The molecule has 0 saturated heterocycles. The Morgan fingerprint density at radius 3 is 2.21 bits per heavy atom. The zero-order chi connectivity index (χ0) is 17.0. The van der Waals surface area contributed by atoms with Crippen LogP contribution in [0.1, 0.15) is 12.2 Å². The number of quaternary nitrogens is 1. The van der Waals surface area contributed by atoms with Crippen LogP contribution < -0.4 is 21.7 Å². The molecule has 1 aromatic heterocycles. The van der Waals surface area contributed by atoms with Gasteiger partial charge < -0.3 is 30.6 Å². The highest BCUT2D eigenvalue weighted by molar-refractivity contribution is 9.11. The minimum atomic E-state index is 0. The Labute approximate surface area is 187 Å². The summed E-state index contributed by atoms with van der Waals surface area (Å²) in [6.45, 7) is 2.53. The molecule has 0 fully saturated rings. The van der Waals surface area contributed by atoms with E-state index in [0.29, 0.717) is 6.61 Å². The van der Waals surface area contributed by atoms with Crippen molar-refractivity contribution in [2.24, 2.45) is 0 Å². The lowest BCUT2D eigenvalue weighted by Gasteiger charge is -2.28. The van der Waals surface area contributed by atoms with Gasteiger partial charge >= 0.3 is 0 Å². The summed E-state index contributed by atoms with van der Waals surface area (Å²) >= 11 is 13.9. The van der Waals surface area contributed by atoms with Crippen molar-refractivity contribution in [1.82, 2.24) is 0 Å². The van der Waals surface area contributed by atoms with Gasteiger partial charge in [-0.1, -0.05) is 15.9 Å². The monoisotopic (exact) mass is 651 g/mol. The maximum atomic E-state index is 5.92. The molecule has 24 heavy (non-hydrogen) atoms. The predicted molar refractivity (Wildman–Crippen MR) is 107 cm³/mol. The molecule has 2 rings (SSSR count). The van der Waals surface area contributed by atoms with Crippen molar-refractivity contribution in [1.29, 1.82) is 0 Å². The maximum Gasteiger partial charge on any atom is 0.169 e. The van der Waals surface area contributed by atoms with E-state index in [1.165, 1.54) is 0 Å². The molecule has 0 spiro atoms. The molecule has 3 nitrogen and oxygen atoms in total. The molecule has 0 aliphatic heterocycles. The SMILES string of the molecule is C[N+](C)(CCCOc1c(Br)cc(Br)cc1Br)Cc1ccc(Br)o1.[Br-]. The topological polar surface area (TPSA) is 22.4 Å². The summed E-state index contributed by atoms with van der Waals surface area (Å²) in [6, 6.07) is 7.90. The van der Waals surface area contributed by atoms with E-state index in [1.54, 1.807) is 0 Å². The molecule has 0 aliphatic rings. The Balaban J connectivity index is 0.00000288. The van der Waals surface area contributed by atoms with E-state index in [2.05, 4.69) is 77.8 Å². The normalized spacial score (nSPS) is 11.2. The number of ether oxygens (including phenoxy) is 1. The molecule has 0 N–H and O–H groups in total. The van der Waals surface area contributed by atoms with E-state index in [9.17, 15) is 0 Å². The van der Waals surface area contributed by atoms with Crippen molar-refractivity contribution in [3.8, 4) is 5.75 Å². The quantitative estimate of drug-likeness (QED) is 0.338. The number of halogens is 5. The van der Waals surface area contributed by atoms with Crippen LogP contribution in [-0.4, -0.2) is 31.7 Å². The van der Waals surface area contributed by atoms with Gasteiger partial charge in [-0.2, -0.15) is 0 Å². The van der Waals surface area contributed by atoms with Gasteiger partial charge in [0.2, 0.25) is 0 Å². The molecule has 0 saturated carbocycles. The van der Waals surface area contributed by atoms with Crippen LogP contribution >= 0.6 is 63.7 Å². The number of rotatable bonds is 7. The zero-order valence-electron chi connectivity index (χ0n) is 13.3. The molecule has 0 amide bonds. The second kappa shape index (κ2) is 10.1. The summed E-state index contributed by atoms with van der Waals surface area (Å²) in [5.41, 5.74) is 0. The second-order valence-electron chi connectivity index (χ2n) is 5.92. The van der Waals surface area contributed by atoms with Gasteiger partial charge in [-0.25, -0.2) is 0 Å². The molecule has 0 aliphatic carbocycles. The van der Waals surface area contributed by atoms with Crippen molar-refractivity contribution in [3.05, 3.63) is 48.1 Å². The Kier molecular flexibility index (Phi) is 9.57. The number of hydrogen-bond donors (Lipinski definition) is 0. The summed E-state index contributed by atoms with van der Waals surface area (Å²) in [5, 5.41) is 0. The molecular weight excluding hydrogens is 638 g/mol. The third kappa shape index (κ3) is 7.11. The summed E-state index contributed by atoms with van der Waals surface area (Å²) in [7, 11) is 4.39. The van der Waals surface area contributed by atoms with Crippen LogP contribution in [0.15, 0.2) is 46.8 Å². The third-order valence-corrected chi connectivity index (χ3v) is 5.39. The first-order valence-corrected chi connectivity index (χ1v) is 10.3. The van der Waals surface area contributed by atoms with E-state index in [4.69, 9.17) is 9.15 Å². The van der Waals surface area contributed by atoms with Gasteiger partial charge in [0, 0.05) is 10.9 Å². The zero-order valence-corrected chi connectivity index (χ0v) is 21.2. The van der Waals surface area contributed by atoms with E-state index in [0.717, 1.165) is 53.6 Å². The van der Waals surface area contributed by atoms with Crippen LogP contribution in [0.3, 0.4) is 0 Å². The number of benzene rings is 1. The van der Waals surface area contributed by atoms with Crippen LogP contribution in [0.2, 0.25) is 0 Å². The molecule has 1 heterocycles. The third-order valence-electron chi connectivity index (χ3n) is 3.33. The lowest BCUT2D eigenvalue weighted by atomic mass is 10.3. The molecule has 1 aromatic carbocycles. The molecular formula is C16H18Br5NO2. The van der Waals surface area contributed by atoms with Gasteiger partial charge in [0.25, 0.3) is 0 Å². The average molecular weight is 656 g/mol. The largest absolute Gasteiger partial charge is 1.00 e. The van der Waals surface area contributed by atoms with Crippen molar-refractivity contribution >= 4 is 63.7 Å². The molecule has 0 radical (unpaired) electrons. The first kappa shape index (κ1) is 22.7. The highest BCUT2D eigenvalue weighted by Crippen LogP contribution is 2.36. The summed E-state index contributed by atoms with van der Waals surface area (Å²) < 4.78 is 16.0. The summed E-state index contributed by atoms with van der Waals surface area (Å²) in [6.07, 6.45) is 0.962. The highest BCUT2D eigenvalue weighted by Gasteiger charge is 2.18. The lowest BCUT2D eigenvalue weighted by Crippen LogP contribution is -3.00. The minimum absolute atomic E-state index is 0. The smallest absolute Gasteiger partial charge is 0.169 e. The Morgan fingerprint density at radius 1 is 1.04 bits per heavy atom. The van der Waals surface area contributed by atoms with Gasteiger partial charge in [-0.3, -0.25) is 0 Å². The molecule has 0 atom stereocenters. The molecule has 8 heteroatoms. The fourth-order valence-electron chi connectivity index (χ4n) is 2.27. The van der Waals surface area contributed by atoms with E-state index >= 15 is 0 Å². The molecule has 134 valence electrons. The Hall–Kier alpha value is 0.660. The van der Waals surface area contributed by atoms with Crippen molar-refractivity contribution < 1.29 is 30.6 Å². The van der Waals surface area contributed by atoms with Crippen LogP contribution in [-0.2, 0) is 6.54 Å².